The molecule has 0 aliphatic heterocycles. The molecule has 0 saturated heterocycles. The van der Waals surface area contributed by atoms with E-state index in [1.807, 2.05) is 28.8 Å². The van der Waals surface area contributed by atoms with Gasteiger partial charge in [-0.3, -0.25) is 4.57 Å². The van der Waals surface area contributed by atoms with Gasteiger partial charge in [-0.05, 0) is 25.0 Å². The van der Waals surface area contributed by atoms with E-state index in [9.17, 15) is 4.79 Å². The van der Waals surface area contributed by atoms with Gasteiger partial charge in [-0.1, -0.05) is 12.1 Å². The van der Waals surface area contributed by atoms with Crippen molar-refractivity contribution in [3.8, 4) is 0 Å². The first-order valence-electron chi connectivity index (χ1n) is 4.55. The molecule has 3 rings (SSSR count). The van der Waals surface area contributed by atoms with Crippen molar-refractivity contribution < 1.29 is 0 Å². The fourth-order valence-corrected chi connectivity index (χ4v) is 1.77. The molecular weight excluding hydrogens is 164 g/mol. The van der Waals surface area contributed by atoms with Crippen molar-refractivity contribution in [2.45, 2.75) is 18.9 Å². The van der Waals surface area contributed by atoms with Crippen molar-refractivity contribution in [2.75, 3.05) is 0 Å². The highest BCUT2D eigenvalue weighted by atomic mass is 16.1. The van der Waals surface area contributed by atoms with E-state index < -0.39 is 0 Å². The molecule has 13 heavy (non-hydrogen) atoms. The topological polar surface area (TPSA) is 37.8 Å². The van der Waals surface area contributed by atoms with Crippen LogP contribution < -0.4 is 5.69 Å². The summed E-state index contributed by atoms with van der Waals surface area (Å²) < 4.78 is 1.87. The minimum absolute atomic E-state index is 0.0312. The molecule has 1 fully saturated rings. The van der Waals surface area contributed by atoms with Crippen LogP contribution in [0.2, 0.25) is 0 Å². The fourth-order valence-electron chi connectivity index (χ4n) is 1.77. The van der Waals surface area contributed by atoms with Crippen molar-refractivity contribution in [1.29, 1.82) is 0 Å². The summed E-state index contributed by atoms with van der Waals surface area (Å²) in [6, 6.07) is 8.29. The first-order chi connectivity index (χ1) is 6.36. The number of aromatic amines is 1. The third-order valence-electron chi connectivity index (χ3n) is 2.54. The van der Waals surface area contributed by atoms with Crippen molar-refractivity contribution in [3.05, 3.63) is 34.7 Å². The van der Waals surface area contributed by atoms with Crippen LogP contribution in [-0.2, 0) is 0 Å². The van der Waals surface area contributed by atoms with Gasteiger partial charge < -0.3 is 4.98 Å². The summed E-state index contributed by atoms with van der Waals surface area (Å²) in [6.07, 6.45) is 2.28. The monoisotopic (exact) mass is 174 g/mol. The number of H-pyrrole nitrogens is 1. The van der Waals surface area contributed by atoms with E-state index in [0.717, 1.165) is 23.9 Å². The van der Waals surface area contributed by atoms with Crippen LogP contribution in [0, 0.1) is 0 Å². The third-order valence-corrected chi connectivity index (χ3v) is 2.54. The first kappa shape index (κ1) is 6.95. The summed E-state index contributed by atoms with van der Waals surface area (Å²) in [6.45, 7) is 0. The largest absolute Gasteiger partial charge is 0.326 e. The summed E-state index contributed by atoms with van der Waals surface area (Å²) in [5.41, 5.74) is 2.01. The number of nitrogens with zero attached hydrogens (tertiary/aromatic N) is 1. The Kier molecular flexibility index (Phi) is 1.20. The summed E-state index contributed by atoms with van der Waals surface area (Å²) >= 11 is 0. The number of imidazole rings is 1. The Morgan fingerprint density at radius 2 is 2.08 bits per heavy atom. The zero-order chi connectivity index (χ0) is 8.84. The minimum atomic E-state index is 0.0312. The number of hydrogen-bond donors (Lipinski definition) is 1. The number of benzene rings is 1. The maximum Gasteiger partial charge on any atom is 0.326 e. The summed E-state index contributed by atoms with van der Waals surface area (Å²) in [4.78, 5) is 14.4. The molecule has 0 atom stereocenters. The molecule has 1 aliphatic carbocycles. The van der Waals surface area contributed by atoms with Crippen LogP contribution in [0.15, 0.2) is 29.1 Å². The van der Waals surface area contributed by atoms with E-state index in [1.165, 1.54) is 0 Å². The zero-order valence-electron chi connectivity index (χ0n) is 7.16. The highest BCUT2D eigenvalue weighted by Gasteiger charge is 2.26. The van der Waals surface area contributed by atoms with E-state index in [4.69, 9.17) is 0 Å². The van der Waals surface area contributed by atoms with Crippen molar-refractivity contribution >= 4 is 11.0 Å². The standard InChI is InChI=1S/C10H10N2O/c13-10-11-8-3-1-2-4-9(8)12(10)7-5-6-7/h1-4,7H,5-6H2,(H,11,13). The number of aromatic nitrogens is 2. The molecule has 0 spiro atoms. The lowest BCUT2D eigenvalue weighted by Gasteiger charge is -1.97. The second-order valence-electron chi connectivity index (χ2n) is 3.55. The Labute approximate surface area is 75.0 Å². The van der Waals surface area contributed by atoms with Gasteiger partial charge in [0.05, 0.1) is 11.0 Å². The molecule has 0 amide bonds. The molecule has 0 radical (unpaired) electrons. The van der Waals surface area contributed by atoms with Gasteiger partial charge in [0, 0.05) is 6.04 Å². The van der Waals surface area contributed by atoms with E-state index in [2.05, 4.69) is 4.98 Å². The Bertz CT molecular complexity index is 505. The van der Waals surface area contributed by atoms with E-state index in [-0.39, 0.29) is 5.69 Å². The lowest BCUT2D eigenvalue weighted by molar-refractivity contribution is 0.733. The first-order valence-corrected chi connectivity index (χ1v) is 4.55. The highest BCUT2D eigenvalue weighted by molar-refractivity contribution is 5.75. The van der Waals surface area contributed by atoms with E-state index >= 15 is 0 Å². The van der Waals surface area contributed by atoms with Gasteiger partial charge in [0.15, 0.2) is 0 Å². The molecule has 3 nitrogen and oxygen atoms in total. The Hall–Kier alpha value is -1.51. The second-order valence-corrected chi connectivity index (χ2v) is 3.55. The van der Waals surface area contributed by atoms with Crippen LogP contribution in [0.4, 0.5) is 0 Å². The summed E-state index contributed by atoms with van der Waals surface area (Å²) in [7, 11) is 0. The lowest BCUT2D eigenvalue weighted by Crippen LogP contribution is -2.14. The predicted molar refractivity (Wildman–Crippen MR) is 50.8 cm³/mol. The van der Waals surface area contributed by atoms with Crippen LogP contribution in [-0.4, -0.2) is 9.55 Å². The lowest BCUT2D eigenvalue weighted by atomic mass is 10.3. The molecule has 1 N–H and O–H groups in total. The predicted octanol–water partition coefficient (Wildman–Crippen LogP) is 1.66. The molecule has 3 heteroatoms. The Morgan fingerprint density at radius 3 is 2.85 bits per heavy atom. The fraction of sp³-hybridized carbons (Fsp3) is 0.300. The average molecular weight is 174 g/mol. The number of para-hydroxylation sites is 2. The number of nitrogens with one attached hydrogen (secondary N) is 1. The highest BCUT2D eigenvalue weighted by Crippen LogP contribution is 2.35. The zero-order valence-corrected chi connectivity index (χ0v) is 7.16. The minimum Gasteiger partial charge on any atom is -0.306 e. The van der Waals surface area contributed by atoms with Crippen LogP contribution in [0.3, 0.4) is 0 Å². The normalized spacial score (nSPS) is 16.6. The molecule has 0 unspecified atom stereocenters. The average Bonchev–Trinajstić information content (AvgIpc) is 2.88. The number of fused-ring (bicyclic) bond motifs is 1. The molecule has 1 aliphatic rings. The van der Waals surface area contributed by atoms with Crippen LogP contribution in [0.1, 0.15) is 18.9 Å². The van der Waals surface area contributed by atoms with Crippen molar-refractivity contribution in [3.63, 3.8) is 0 Å². The quantitative estimate of drug-likeness (QED) is 0.701. The van der Waals surface area contributed by atoms with Gasteiger partial charge in [0.2, 0.25) is 0 Å². The summed E-state index contributed by atoms with van der Waals surface area (Å²) in [5, 5.41) is 0. The van der Waals surface area contributed by atoms with Gasteiger partial charge in [-0.25, -0.2) is 4.79 Å². The Balaban J connectivity index is 2.41. The van der Waals surface area contributed by atoms with Crippen LogP contribution in [0.25, 0.3) is 11.0 Å². The molecule has 0 bridgehead atoms. The van der Waals surface area contributed by atoms with Gasteiger partial charge in [0.25, 0.3) is 0 Å². The molecular formula is C10H10N2O. The molecule has 1 heterocycles. The molecule has 1 aromatic carbocycles. The molecule has 2 aromatic rings. The third kappa shape index (κ3) is 0.932. The smallest absolute Gasteiger partial charge is 0.306 e. The maximum atomic E-state index is 11.5. The van der Waals surface area contributed by atoms with Gasteiger partial charge in [0.1, 0.15) is 0 Å². The maximum absolute atomic E-state index is 11.5. The van der Waals surface area contributed by atoms with Crippen LogP contribution in [0.5, 0.6) is 0 Å². The Morgan fingerprint density at radius 1 is 1.31 bits per heavy atom. The van der Waals surface area contributed by atoms with Gasteiger partial charge in [-0.15, -0.1) is 0 Å². The summed E-state index contributed by atoms with van der Waals surface area (Å²) in [5.74, 6) is 0. The molecule has 1 aromatic heterocycles. The van der Waals surface area contributed by atoms with Crippen molar-refractivity contribution in [1.82, 2.24) is 9.55 Å². The van der Waals surface area contributed by atoms with Gasteiger partial charge in [-0.2, -0.15) is 0 Å². The molecule has 66 valence electrons. The number of hydrogen-bond acceptors (Lipinski definition) is 1. The number of rotatable bonds is 1. The van der Waals surface area contributed by atoms with Crippen molar-refractivity contribution in [2.24, 2.45) is 0 Å². The SMILES string of the molecule is O=c1[nH]c2ccccc2n1C1CC1. The second kappa shape index (κ2) is 2.25. The van der Waals surface area contributed by atoms with E-state index in [1.54, 1.807) is 0 Å². The van der Waals surface area contributed by atoms with Gasteiger partial charge >= 0.3 is 5.69 Å². The van der Waals surface area contributed by atoms with Crippen LogP contribution >= 0.6 is 0 Å². The molecule has 1 saturated carbocycles. The van der Waals surface area contributed by atoms with E-state index in [0.29, 0.717) is 6.04 Å².